The molecule has 7 nitrogen and oxygen atoms in total. The lowest BCUT2D eigenvalue weighted by atomic mass is 10.1. The topological polar surface area (TPSA) is 85.3 Å². The van der Waals surface area contributed by atoms with E-state index in [9.17, 15) is 14.7 Å². The molecule has 1 heterocycles. The second-order valence-electron chi connectivity index (χ2n) is 9.12. The van der Waals surface area contributed by atoms with Gasteiger partial charge in [-0.2, -0.15) is 5.06 Å². The first-order valence-electron chi connectivity index (χ1n) is 10.6. The molecule has 0 radical (unpaired) electrons. The summed E-state index contributed by atoms with van der Waals surface area (Å²) < 4.78 is 12.0. The molecule has 0 bridgehead atoms. The van der Waals surface area contributed by atoms with Crippen LogP contribution in [0.3, 0.4) is 0 Å². The lowest BCUT2D eigenvalue weighted by Gasteiger charge is -2.43. The molecule has 0 spiro atoms. The number of nitrogens with zero attached hydrogens (tertiary/aromatic N) is 1. The Balaban J connectivity index is 1.98. The second kappa shape index (κ2) is 9.15. The summed E-state index contributed by atoms with van der Waals surface area (Å²) in [6, 6.07) is 20.0. The van der Waals surface area contributed by atoms with Crippen molar-refractivity contribution in [1.82, 2.24) is 5.06 Å². The summed E-state index contributed by atoms with van der Waals surface area (Å²) in [5.41, 5.74) is 0. The number of benzene rings is 2. The Morgan fingerprint density at radius 2 is 1.59 bits per heavy atom. The quantitative estimate of drug-likeness (QED) is 0.505. The lowest BCUT2D eigenvalue weighted by Crippen LogP contribution is -2.67. The fourth-order valence-electron chi connectivity index (χ4n) is 4.39. The molecule has 2 aromatic carbocycles. The molecule has 2 atom stereocenters. The SMILES string of the molecule is CC(=O)O[C@@]1(C(=O)O)C[C@H](CO[Si](c2ccccc2)(c2ccccc2)C(C)(C)C)N(C)O1. The summed E-state index contributed by atoms with van der Waals surface area (Å²) >= 11 is 0. The van der Waals surface area contributed by atoms with E-state index in [0.29, 0.717) is 0 Å². The zero-order valence-corrected chi connectivity index (χ0v) is 20.2. The van der Waals surface area contributed by atoms with Crippen molar-refractivity contribution in [3.63, 3.8) is 0 Å². The molecular formula is C24H31NO6Si. The molecule has 0 saturated carbocycles. The number of carbonyl (C=O) groups is 2. The number of carboxylic acid groups (broad SMARTS) is 1. The summed E-state index contributed by atoms with van der Waals surface area (Å²) in [5.74, 6) is -4.10. The standard InChI is InChI=1S/C24H31NO6Si/c1-18(26)30-24(22(27)28)16-19(25(5)31-24)17-29-32(23(2,3)4,20-12-8-6-9-13-20)21-14-10-7-11-15-21/h6-15,19H,16-17H2,1-5H3,(H,27,28)/t19-,24+/m1/s1. The first kappa shape index (κ1) is 24.1. The molecule has 0 aromatic heterocycles. The van der Waals surface area contributed by atoms with Crippen molar-refractivity contribution in [3.05, 3.63) is 60.7 Å². The van der Waals surface area contributed by atoms with Crippen LogP contribution in [0.25, 0.3) is 0 Å². The van der Waals surface area contributed by atoms with E-state index in [1.54, 1.807) is 7.05 Å². The van der Waals surface area contributed by atoms with Crippen molar-refractivity contribution in [2.24, 2.45) is 0 Å². The van der Waals surface area contributed by atoms with Gasteiger partial charge < -0.3 is 14.3 Å². The van der Waals surface area contributed by atoms with Crippen LogP contribution in [0.1, 0.15) is 34.1 Å². The molecule has 2 aromatic rings. The molecule has 32 heavy (non-hydrogen) atoms. The molecule has 3 rings (SSSR count). The molecule has 0 aliphatic carbocycles. The van der Waals surface area contributed by atoms with Gasteiger partial charge in [-0.25, -0.2) is 9.63 Å². The number of hydroxylamine groups is 2. The highest BCUT2D eigenvalue weighted by Gasteiger charge is 2.56. The van der Waals surface area contributed by atoms with E-state index < -0.39 is 32.1 Å². The molecule has 0 unspecified atom stereocenters. The van der Waals surface area contributed by atoms with Crippen molar-refractivity contribution < 1.29 is 28.7 Å². The molecule has 1 fully saturated rings. The number of esters is 1. The zero-order valence-electron chi connectivity index (χ0n) is 19.2. The maximum absolute atomic E-state index is 11.9. The number of carboxylic acids is 1. The van der Waals surface area contributed by atoms with Crippen LogP contribution in [-0.4, -0.2) is 55.9 Å². The third kappa shape index (κ3) is 4.49. The van der Waals surface area contributed by atoms with Crippen molar-refractivity contribution in [1.29, 1.82) is 0 Å². The second-order valence-corrected chi connectivity index (χ2v) is 13.4. The number of carbonyl (C=O) groups excluding carboxylic acids is 1. The molecule has 8 heteroatoms. The summed E-state index contributed by atoms with van der Waals surface area (Å²) in [4.78, 5) is 28.9. The smallest absolute Gasteiger partial charge is 0.379 e. The lowest BCUT2D eigenvalue weighted by molar-refractivity contribution is -0.282. The van der Waals surface area contributed by atoms with Crippen LogP contribution in [0.5, 0.6) is 0 Å². The number of aliphatic carboxylic acids is 1. The van der Waals surface area contributed by atoms with E-state index in [-0.39, 0.29) is 18.1 Å². The van der Waals surface area contributed by atoms with Gasteiger partial charge in [0.25, 0.3) is 8.32 Å². The molecular weight excluding hydrogens is 426 g/mol. The minimum absolute atomic E-state index is 0.0311. The average Bonchev–Trinajstić information content (AvgIpc) is 3.05. The highest BCUT2D eigenvalue weighted by atomic mass is 28.4. The Kier molecular flexibility index (Phi) is 6.90. The summed E-state index contributed by atoms with van der Waals surface area (Å²) in [6.45, 7) is 7.91. The van der Waals surface area contributed by atoms with Crippen LogP contribution in [0.15, 0.2) is 60.7 Å². The van der Waals surface area contributed by atoms with Crippen LogP contribution in [0.2, 0.25) is 5.04 Å². The minimum atomic E-state index is -2.79. The van der Waals surface area contributed by atoms with Gasteiger partial charge in [-0.3, -0.25) is 4.79 Å². The van der Waals surface area contributed by atoms with E-state index in [1.165, 1.54) is 12.0 Å². The number of hydrogen-bond acceptors (Lipinski definition) is 6. The third-order valence-corrected chi connectivity index (χ3v) is 10.9. The van der Waals surface area contributed by atoms with Crippen molar-refractivity contribution >= 4 is 30.6 Å². The highest BCUT2D eigenvalue weighted by molar-refractivity contribution is 6.99. The Labute approximate surface area is 190 Å². The summed E-state index contributed by atoms with van der Waals surface area (Å²) in [5, 5.41) is 13.2. The number of rotatable bonds is 7. The molecule has 172 valence electrons. The van der Waals surface area contributed by atoms with Crippen LogP contribution in [-0.2, 0) is 23.6 Å². The van der Waals surface area contributed by atoms with Crippen molar-refractivity contribution in [2.75, 3.05) is 13.7 Å². The number of likely N-dealkylation sites (N-methyl/N-ethyl adjacent to an activating group) is 1. The maximum atomic E-state index is 11.9. The van der Waals surface area contributed by atoms with E-state index in [4.69, 9.17) is 14.0 Å². The summed E-state index contributed by atoms with van der Waals surface area (Å²) in [7, 11) is -1.16. The monoisotopic (exact) mass is 457 g/mol. The molecule has 1 saturated heterocycles. The first-order chi connectivity index (χ1) is 15.0. The van der Waals surface area contributed by atoms with Gasteiger partial charge in [-0.05, 0) is 15.4 Å². The third-order valence-electron chi connectivity index (χ3n) is 5.85. The predicted molar refractivity (Wildman–Crippen MR) is 123 cm³/mol. The van der Waals surface area contributed by atoms with Gasteiger partial charge in [0.05, 0.1) is 12.6 Å². The predicted octanol–water partition coefficient (Wildman–Crippen LogP) is 2.54. The first-order valence-corrected chi connectivity index (χ1v) is 12.5. The van der Waals surface area contributed by atoms with Gasteiger partial charge in [0.15, 0.2) is 0 Å². The Morgan fingerprint density at radius 1 is 1.09 bits per heavy atom. The van der Waals surface area contributed by atoms with E-state index in [2.05, 4.69) is 45.0 Å². The van der Waals surface area contributed by atoms with Gasteiger partial charge in [0, 0.05) is 20.4 Å². The van der Waals surface area contributed by atoms with Crippen LogP contribution in [0, 0.1) is 0 Å². The summed E-state index contributed by atoms with van der Waals surface area (Å²) in [6.07, 6.45) is -0.0311. The fourth-order valence-corrected chi connectivity index (χ4v) is 8.99. The Bertz CT molecular complexity index is 906. The van der Waals surface area contributed by atoms with Crippen molar-refractivity contribution in [3.8, 4) is 0 Å². The largest absolute Gasteiger partial charge is 0.476 e. The Hall–Kier alpha value is -2.52. The normalized spacial score (nSPS) is 22.0. The van der Waals surface area contributed by atoms with E-state index >= 15 is 0 Å². The molecule has 1 N–H and O–H groups in total. The average molecular weight is 458 g/mol. The molecule has 1 aliphatic heterocycles. The van der Waals surface area contributed by atoms with Crippen LogP contribution < -0.4 is 10.4 Å². The van der Waals surface area contributed by atoms with Gasteiger partial charge in [0.2, 0.25) is 0 Å². The van der Waals surface area contributed by atoms with Crippen molar-refractivity contribution in [2.45, 2.75) is 51.0 Å². The zero-order chi connectivity index (χ0) is 23.6. The Morgan fingerprint density at radius 3 is 2.00 bits per heavy atom. The van der Waals surface area contributed by atoms with Gasteiger partial charge in [-0.15, -0.1) is 0 Å². The van der Waals surface area contributed by atoms with Crippen LogP contribution >= 0.6 is 0 Å². The van der Waals surface area contributed by atoms with Gasteiger partial charge >= 0.3 is 17.7 Å². The van der Waals surface area contributed by atoms with E-state index in [1.807, 2.05) is 36.4 Å². The minimum Gasteiger partial charge on any atom is -0.476 e. The van der Waals surface area contributed by atoms with Gasteiger partial charge in [0.1, 0.15) is 0 Å². The number of hydrogen-bond donors (Lipinski definition) is 1. The van der Waals surface area contributed by atoms with Gasteiger partial charge in [-0.1, -0.05) is 81.4 Å². The maximum Gasteiger partial charge on any atom is 0.379 e. The highest BCUT2D eigenvalue weighted by Crippen LogP contribution is 2.38. The van der Waals surface area contributed by atoms with E-state index in [0.717, 1.165) is 10.4 Å². The fraction of sp³-hybridized carbons (Fsp3) is 0.417. The van der Waals surface area contributed by atoms with Crippen LogP contribution in [0.4, 0.5) is 0 Å². The molecule has 0 amide bonds. The molecule has 1 aliphatic rings. The number of ether oxygens (including phenoxy) is 1.